The van der Waals surface area contributed by atoms with E-state index in [0.29, 0.717) is 11.5 Å². The summed E-state index contributed by atoms with van der Waals surface area (Å²) < 4.78 is 44.3. The number of pyridine rings is 1. The summed E-state index contributed by atoms with van der Waals surface area (Å²) in [5.41, 5.74) is 2.20. The smallest absolute Gasteiger partial charge is 0.419 e. The van der Waals surface area contributed by atoms with Crippen LogP contribution in [0.15, 0.2) is 60.9 Å². The maximum atomic E-state index is 13.2. The highest BCUT2D eigenvalue weighted by Gasteiger charge is 2.42. The first-order chi connectivity index (χ1) is 19.2. The molecule has 214 valence electrons. The van der Waals surface area contributed by atoms with Crippen LogP contribution in [0.3, 0.4) is 0 Å². The molecule has 0 amide bonds. The van der Waals surface area contributed by atoms with Crippen molar-refractivity contribution in [2.45, 2.75) is 63.8 Å². The Balaban J connectivity index is 1.47. The Kier molecular flexibility index (Phi) is 7.19. The Morgan fingerprint density at radius 2 is 1.66 bits per heavy atom. The number of benzene rings is 2. The molecule has 0 saturated carbocycles. The van der Waals surface area contributed by atoms with E-state index in [9.17, 15) is 18.0 Å². The van der Waals surface area contributed by atoms with Crippen molar-refractivity contribution >= 4 is 22.8 Å². The van der Waals surface area contributed by atoms with Crippen LogP contribution in [0.1, 0.15) is 40.5 Å². The van der Waals surface area contributed by atoms with Crippen LogP contribution < -0.4 is 15.0 Å². The number of alkyl halides is 3. The number of esters is 1. The van der Waals surface area contributed by atoms with Gasteiger partial charge >= 0.3 is 12.1 Å². The second-order valence-electron chi connectivity index (χ2n) is 11.7. The molecule has 1 saturated heterocycles. The second kappa shape index (κ2) is 10.4. The van der Waals surface area contributed by atoms with Gasteiger partial charge in [0.1, 0.15) is 11.4 Å². The Morgan fingerprint density at radius 1 is 0.976 bits per heavy atom. The lowest BCUT2D eigenvalue weighted by atomic mass is 9.79. The number of ether oxygens (including phenoxy) is 1. The van der Waals surface area contributed by atoms with E-state index in [0.717, 1.165) is 29.3 Å². The van der Waals surface area contributed by atoms with Crippen molar-refractivity contribution < 1.29 is 22.7 Å². The number of halogens is 3. The third-order valence-electron chi connectivity index (χ3n) is 7.21. The van der Waals surface area contributed by atoms with Gasteiger partial charge in [-0.15, -0.1) is 10.2 Å². The highest BCUT2D eigenvalue weighted by atomic mass is 19.4. The minimum atomic E-state index is -5.17. The molecule has 1 aliphatic heterocycles. The number of hydrogen-bond acceptors (Lipinski definition) is 8. The lowest BCUT2D eigenvalue weighted by Gasteiger charge is -2.48. The first kappa shape index (κ1) is 28.4. The van der Waals surface area contributed by atoms with Crippen LogP contribution in [-0.4, -0.2) is 56.5 Å². The summed E-state index contributed by atoms with van der Waals surface area (Å²) in [6.07, 6.45) is -0.339. The summed E-state index contributed by atoms with van der Waals surface area (Å²) in [5, 5.41) is 13.1. The minimum absolute atomic E-state index is 0.0887. The van der Waals surface area contributed by atoms with E-state index < -0.39 is 12.1 Å². The third-order valence-corrected chi connectivity index (χ3v) is 7.21. The molecule has 1 fully saturated rings. The van der Waals surface area contributed by atoms with Gasteiger partial charge in [0.05, 0.1) is 11.7 Å². The molecule has 0 unspecified atom stereocenters. The fraction of sp³-hybridized carbons (Fsp3) is 0.367. The number of carbonyl (C=O) groups excluding carboxylic acids is 1. The van der Waals surface area contributed by atoms with Gasteiger partial charge in [-0.1, -0.05) is 18.2 Å². The van der Waals surface area contributed by atoms with E-state index in [1.807, 2.05) is 30.1 Å². The molecule has 2 aromatic heterocycles. The van der Waals surface area contributed by atoms with Crippen LogP contribution in [0, 0.1) is 0 Å². The topological polar surface area (TPSA) is 93.1 Å². The van der Waals surface area contributed by atoms with Crippen molar-refractivity contribution in [2.75, 3.05) is 11.9 Å². The van der Waals surface area contributed by atoms with Crippen molar-refractivity contribution in [2.24, 2.45) is 0 Å². The van der Waals surface area contributed by atoms with Crippen molar-refractivity contribution in [1.29, 1.82) is 0 Å². The van der Waals surface area contributed by atoms with Crippen LogP contribution in [0.2, 0.25) is 0 Å². The molecule has 2 aromatic carbocycles. The molecule has 1 aliphatic rings. The standard InChI is InChI=1S/C30H31F3N6O2/c1-28(2)15-21(16-29(3,4)38-28)39(5)27-35-17-24(36-37-27)22-10-8-19(14-25(22)41-26(40)30(31,32)33)18-9-11-23-20(13-18)7-6-12-34-23/h6-14,17,21,38H,15-16H2,1-5H3. The van der Waals surface area contributed by atoms with Crippen LogP contribution in [0.4, 0.5) is 19.1 Å². The molecule has 0 aliphatic carbocycles. The van der Waals surface area contributed by atoms with Gasteiger partial charge in [-0.3, -0.25) is 4.98 Å². The maximum absolute atomic E-state index is 13.2. The average molecular weight is 565 g/mol. The lowest BCUT2D eigenvalue weighted by molar-refractivity contribution is -0.189. The normalized spacial score (nSPS) is 16.9. The largest absolute Gasteiger partial charge is 0.491 e. The van der Waals surface area contributed by atoms with Crippen LogP contribution in [0.25, 0.3) is 33.3 Å². The molecule has 11 heteroatoms. The third kappa shape index (κ3) is 6.30. The number of hydrogen-bond donors (Lipinski definition) is 1. The number of rotatable bonds is 5. The van der Waals surface area contributed by atoms with E-state index in [2.05, 4.69) is 53.2 Å². The summed E-state index contributed by atoms with van der Waals surface area (Å²) in [6.45, 7) is 8.61. The van der Waals surface area contributed by atoms with Crippen LogP contribution in [-0.2, 0) is 4.79 Å². The Hall–Kier alpha value is -4.12. The van der Waals surface area contributed by atoms with E-state index in [4.69, 9.17) is 4.74 Å². The molecule has 4 aromatic rings. The minimum Gasteiger partial charge on any atom is -0.419 e. The summed E-state index contributed by atoms with van der Waals surface area (Å²) in [7, 11) is 1.91. The van der Waals surface area contributed by atoms with Crippen molar-refractivity contribution in [3.8, 4) is 28.1 Å². The predicted molar refractivity (Wildman–Crippen MR) is 150 cm³/mol. The number of carbonyl (C=O) groups is 1. The first-order valence-electron chi connectivity index (χ1n) is 13.2. The summed E-state index contributed by atoms with van der Waals surface area (Å²) in [6, 6.07) is 14.0. The molecule has 0 spiro atoms. The number of anilines is 1. The van der Waals surface area contributed by atoms with Gasteiger partial charge < -0.3 is 15.0 Å². The zero-order chi connectivity index (χ0) is 29.6. The number of fused-ring (bicyclic) bond motifs is 1. The lowest BCUT2D eigenvalue weighted by Crippen LogP contribution is -2.62. The van der Waals surface area contributed by atoms with Crippen LogP contribution >= 0.6 is 0 Å². The summed E-state index contributed by atoms with van der Waals surface area (Å²) >= 11 is 0. The molecular weight excluding hydrogens is 533 g/mol. The van der Waals surface area contributed by atoms with E-state index >= 15 is 0 Å². The quantitative estimate of drug-likeness (QED) is 0.234. The number of nitrogens with zero attached hydrogens (tertiary/aromatic N) is 5. The summed E-state index contributed by atoms with van der Waals surface area (Å²) in [4.78, 5) is 22.6. The SMILES string of the molecule is CN(c1ncc(-c2ccc(-c3ccc4ncccc4c3)cc2OC(=O)C(F)(F)F)nn1)C1CC(C)(C)NC(C)(C)C1. The molecule has 0 atom stereocenters. The van der Waals surface area contributed by atoms with E-state index in [1.165, 1.54) is 12.3 Å². The number of nitrogens with one attached hydrogen (secondary N) is 1. The molecule has 0 bridgehead atoms. The number of aromatic nitrogens is 4. The Labute approximate surface area is 236 Å². The van der Waals surface area contributed by atoms with Crippen LogP contribution in [0.5, 0.6) is 5.75 Å². The molecule has 8 nitrogen and oxygen atoms in total. The van der Waals surface area contributed by atoms with E-state index in [-0.39, 0.29) is 34.1 Å². The van der Waals surface area contributed by atoms with Gasteiger partial charge in [0, 0.05) is 41.3 Å². The zero-order valence-corrected chi connectivity index (χ0v) is 23.5. The molecule has 5 rings (SSSR count). The Morgan fingerprint density at radius 3 is 2.32 bits per heavy atom. The first-order valence-corrected chi connectivity index (χ1v) is 13.2. The molecule has 3 heterocycles. The molecular formula is C30H31F3N6O2. The van der Waals surface area contributed by atoms with Crippen molar-refractivity contribution in [3.05, 3.63) is 60.9 Å². The highest BCUT2D eigenvalue weighted by molar-refractivity contribution is 5.86. The molecule has 1 N–H and O–H groups in total. The van der Waals surface area contributed by atoms with Gasteiger partial charge in [-0.2, -0.15) is 13.2 Å². The average Bonchev–Trinajstić information content (AvgIpc) is 2.90. The molecule has 41 heavy (non-hydrogen) atoms. The highest BCUT2D eigenvalue weighted by Crippen LogP contribution is 2.36. The van der Waals surface area contributed by atoms with Gasteiger partial charge in [0.25, 0.3) is 0 Å². The van der Waals surface area contributed by atoms with Gasteiger partial charge in [-0.05, 0) is 82.0 Å². The van der Waals surface area contributed by atoms with Crippen molar-refractivity contribution in [3.63, 3.8) is 0 Å². The van der Waals surface area contributed by atoms with E-state index in [1.54, 1.807) is 30.5 Å². The zero-order valence-electron chi connectivity index (χ0n) is 23.5. The van der Waals surface area contributed by atoms with Gasteiger partial charge in [-0.25, -0.2) is 9.78 Å². The fourth-order valence-electron chi connectivity index (χ4n) is 5.67. The number of piperidine rings is 1. The van der Waals surface area contributed by atoms with Crippen molar-refractivity contribution in [1.82, 2.24) is 25.5 Å². The van der Waals surface area contributed by atoms with Gasteiger partial charge in [0.15, 0.2) is 0 Å². The fourth-order valence-corrected chi connectivity index (χ4v) is 5.67. The monoisotopic (exact) mass is 564 g/mol. The predicted octanol–water partition coefficient (Wildman–Crippen LogP) is 5.97. The maximum Gasteiger partial charge on any atom is 0.491 e. The second-order valence-corrected chi connectivity index (χ2v) is 11.7. The van der Waals surface area contributed by atoms with Gasteiger partial charge in [0.2, 0.25) is 5.95 Å². The summed E-state index contributed by atoms with van der Waals surface area (Å²) in [5.74, 6) is -2.23. The molecule has 0 radical (unpaired) electrons. The Bertz CT molecular complexity index is 1570.